The lowest BCUT2D eigenvalue weighted by atomic mass is 9.49. The predicted octanol–water partition coefficient (Wildman–Crippen LogP) is 3.97. The molecule has 0 unspecified atom stereocenters. The molecular weight excluding hydrogens is 348 g/mol. The zero-order chi connectivity index (χ0) is 19.1. The number of benzene rings is 1. The molecule has 0 spiro atoms. The molecular formula is C24H32N2O2. The van der Waals surface area contributed by atoms with Gasteiger partial charge in [0, 0.05) is 38.2 Å². The molecule has 1 saturated heterocycles. The monoisotopic (exact) mass is 380 g/mol. The Hall–Kier alpha value is -1.84. The third kappa shape index (κ3) is 3.46. The molecule has 2 amide bonds. The van der Waals surface area contributed by atoms with Crippen molar-refractivity contribution >= 4 is 11.8 Å². The first-order valence-corrected chi connectivity index (χ1v) is 11.2. The minimum atomic E-state index is 0.0935. The zero-order valence-electron chi connectivity index (χ0n) is 16.8. The minimum absolute atomic E-state index is 0.0935. The molecule has 5 fully saturated rings. The van der Waals surface area contributed by atoms with Crippen molar-refractivity contribution in [3.8, 4) is 0 Å². The van der Waals surface area contributed by atoms with E-state index in [1.165, 1.54) is 38.5 Å². The SMILES string of the molecule is O=C(CC12CC3CC(CC(C3)C1)C2)N1CCCN(C(=O)c2ccccc2)CC1. The van der Waals surface area contributed by atoms with E-state index < -0.39 is 0 Å². The first-order chi connectivity index (χ1) is 13.6. The normalized spacial score (nSPS) is 34.4. The van der Waals surface area contributed by atoms with Crippen LogP contribution in [0.4, 0.5) is 0 Å². The Balaban J connectivity index is 1.21. The van der Waals surface area contributed by atoms with Gasteiger partial charge in [0.05, 0.1) is 0 Å². The second-order valence-electron chi connectivity index (χ2n) is 9.99. The lowest BCUT2D eigenvalue weighted by molar-refractivity contribution is -0.139. The fourth-order valence-corrected chi connectivity index (χ4v) is 7.07. The number of carbonyl (C=O) groups is 2. The van der Waals surface area contributed by atoms with Gasteiger partial charge in [-0.1, -0.05) is 18.2 Å². The molecule has 28 heavy (non-hydrogen) atoms. The highest BCUT2D eigenvalue weighted by atomic mass is 16.2. The van der Waals surface area contributed by atoms with E-state index in [1.54, 1.807) is 0 Å². The van der Waals surface area contributed by atoms with Crippen molar-refractivity contribution in [1.82, 2.24) is 9.80 Å². The average molecular weight is 381 g/mol. The molecule has 1 aliphatic heterocycles. The van der Waals surface area contributed by atoms with Gasteiger partial charge in [-0.15, -0.1) is 0 Å². The number of amides is 2. The van der Waals surface area contributed by atoms with Crippen LogP contribution in [-0.4, -0.2) is 47.8 Å². The van der Waals surface area contributed by atoms with Gasteiger partial charge in [0.25, 0.3) is 5.91 Å². The predicted molar refractivity (Wildman–Crippen MR) is 109 cm³/mol. The number of hydrogen-bond acceptors (Lipinski definition) is 2. The summed E-state index contributed by atoms with van der Waals surface area (Å²) in [6, 6.07) is 9.51. The van der Waals surface area contributed by atoms with Crippen molar-refractivity contribution in [2.75, 3.05) is 26.2 Å². The van der Waals surface area contributed by atoms with E-state index in [0.29, 0.717) is 24.4 Å². The van der Waals surface area contributed by atoms with Gasteiger partial charge >= 0.3 is 0 Å². The molecule has 4 bridgehead atoms. The summed E-state index contributed by atoms with van der Waals surface area (Å²) in [6.07, 6.45) is 9.77. The summed E-state index contributed by atoms with van der Waals surface area (Å²) in [6.45, 7) is 2.88. The van der Waals surface area contributed by atoms with Crippen molar-refractivity contribution in [3.05, 3.63) is 35.9 Å². The Morgan fingerprint density at radius 1 is 0.821 bits per heavy atom. The fraction of sp³-hybridized carbons (Fsp3) is 0.667. The molecule has 0 radical (unpaired) electrons. The van der Waals surface area contributed by atoms with Gasteiger partial charge < -0.3 is 9.80 Å². The van der Waals surface area contributed by atoms with Crippen LogP contribution in [0.2, 0.25) is 0 Å². The maximum Gasteiger partial charge on any atom is 0.253 e. The largest absolute Gasteiger partial charge is 0.341 e. The highest BCUT2D eigenvalue weighted by Gasteiger charge is 2.51. The van der Waals surface area contributed by atoms with Gasteiger partial charge in [-0.3, -0.25) is 9.59 Å². The van der Waals surface area contributed by atoms with Gasteiger partial charge in [-0.2, -0.15) is 0 Å². The third-order valence-corrected chi connectivity index (χ3v) is 7.85. The first-order valence-electron chi connectivity index (χ1n) is 11.2. The third-order valence-electron chi connectivity index (χ3n) is 7.85. The number of carbonyl (C=O) groups excluding carboxylic acids is 2. The molecule has 0 atom stereocenters. The lowest BCUT2D eigenvalue weighted by Gasteiger charge is -2.57. The van der Waals surface area contributed by atoms with Crippen molar-refractivity contribution in [2.24, 2.45) is 23.2 Å². The van der Waals surface area contributed by atoms with Crippen LogP contribution in [0, 0.1) is 23.2 Å². The Morgan fingerprint density at radius 2 is 1.39 bits per heavy atom. The van der Waals surface area contributed by atoms with E-state index in [1.807, 2.05) is 35.2 Å². The summed E-state index contributed by atoms with van der Waals surface area (Å²) < 4.78 is 0. The van der Waals surface area contributed by atoms with E-state index in [9.17, 15) is 9.59 Å². The van der Waals surface area contributed by atoms with Gasteiger partial charge in [0.1, 0.15) is 0 Å². The molecule has 1 aromatic carbocycles. The van der Waals surface area contributed by atoms with Gasteiger partial charge in [-0.25, -0.2) is 0 Å². The van der Waals surface area contributed by atoms with Gasteiger partial charge in [0.15, 0.2) is 0 Å². The van der Waals surface area contributed by atoms with Crippen molar-refractivity contribution in [2.45, 2.75) is 51.4 Å². The quantitative estimate of drug-likeness (QED) is 0.796. The van der Waals surface area contributed by atoms with E-state index in [0.717, 1.165) is 49.2 Å². The molecule has 4 aliphatic carbocycles. The van der Waals surface area contributed by atoms with Gasteiger partial charge in [0.2, 0.25) is 5.91 Å². The van der Waals surface area contributed by atoms with Gasteiger partial charge in [-0.05, 0) is 80.2 Å². The molecule has 4 saturated carbocycles. The highest BCUT2D eigenvalue weighted by molar-refractivity contribution is 5.94. The number of nitrogens with zero attached hydrogens (tertiary/aromatic N) is 2. The second-order valence-corrected chi connectivity index (χ2v) is 9.99. The van der Waals surface area contributed by atoms with Crippen molar-refractivity contribution in [1.29, 1.82) is 0 Å². The summed E-state index contributed by atoms with van der Waals surface area (Å²) in [4.78, 5) is 29.9. The smallest absolute Gasteiger partial charge is 0.253 e. The van der Waals surface area contributed by atoms with Crippen molar-refractivity contribution < 1.29 is 9.59 Å². The highest BCUT2D eigenvalue weighted by Crippen LogP contribution is 2.61. The van der Waals surface area contributed by atoms with Crippen LogP contribution in [0.1, 0.15) is 61.7 Å². The number of rotatable bonds is 3. The fourth-order valence-electron chi connectivity index (χ4n) is 7.07. The average Bonchev–Trinajstić information content (AvgIpc) is 2.93. The summed E-state index contributed by atoms with van der Waals surface area (Å²) >= 11 is 0. The van der Waals surface area contributed by atoms with E-state index in [2.05, 4.69) is 4.90 Å². The van der Waals surface area contributed by atoms with Crippen LogP contribution in [-0.2, 0) is 4.79 Å². The van der Waals surface area contributed by atoms with Crippen LogP contribution in [0.25, 0.3) is 0 Å². The molecule has 4 nitrogen and oxygen atoms in total. The second kappa shape index (κ2) is 7.20. The Morgan fingerprint density at radius 3 is 2.04 bits per heavy atom. The first kappa shape index (κ1) is 18.2. The Bertz CT molecular complexity index is 709. The molecule has 6 rings (SSSR count). The summed E-state index contributed by atoms with van der Waals surface area (Å²) in [5, 5.41) is 0. The molecule has 0 N–H and O–H groups in total. The summed E-state index contributed by atoms with van der Waals surface area (Å²) in [5.74, 6) is 3.11. The van der Waals surface area contributed by atoms with Crippen LogP contribution in [0.5, 0.6) is 0 Å². The van der Waals surface area contributed by atoms with E-state index in [-0.39, 0.29) is 5.91 Å². The summed E-state index contributed by atoms with van der Waals surface area (Å²) in [5.41, 5.74) is 1.05. The zero-order valence-corrected chi connectivity index (χ0v) is 16.8. The minimum Gasteiger partial charge on any atom is -0.341 e. The van der Waals surface area contributed by atoms with E-state index >= 15 is 0 Å². The maximum atomic E-state index is 13.2. The number of hydrogen-bond donors (Lipinski definition) is 0. The van der Waals surface area contributed by atoms with Crippen LogP contribution in [0.15, 0.2) is 30.3 Å². The van der Waals surface area contributed by atoms with Crippen LogP contribution < -0.4 is 0 Å². The summed E-state index contributed by atoms with van der Waals surface area (Å²) in [7, 11) is 0. The molecule has 4 heteroatoms. The van der Waals surface area contributed by atoms with E-state index in [4.69, 9.17) is 0 Å². The Labute approximate surface area is 168 Å². The topological polar surface area (TPSA) is 40.6 Å². The molecule has 0 aromatic heterocycles. The van der Waals surface area contributed by atoms with Crippen LogP contribution in [0.3, 0.4) is 0 Å². The Kier molecular flexibility index (Phi) is 4.68. The molecule has 1 heterocycles. The molecule has 5 aliphatic rings. The van der Waals surface area contributed by atoms with Crippen LogP contribution >= 0.6 is 0 Å². The van der Waals surface area contributed by atoms with Crippen molar-refractivity contribution in [3.63, 3.8) is 0 Å². The molecule has 1 aromatic rings. The standard InChI is InChI=1S/C24H32N2O2/c27-22(17-24-14-18-11-19(15-24)13-20(12-18)16-24)25-7-4-8-26(10-9-25)23(28)21-5-2-1-3-6-21/h1-3,5-6,18-20H,4,7-17H2. The lowest BCUT2D eigenvalue weighted by Crippen LogP contribution is -2.48. The maximum absolute atomic E-state index is 13.2. The molecule has 150 valence electrons.